The molecule has 7 rings (SSSR count). The number of nitrogens with one attached hydrogen (secondary N) is 1. The molecule has 0 bridgehead atoms. The molecule has 3 amide bonds. The van der Waals surface area contributed by atoms with Crippen LogP contribution in [0.25, 0.3) is 5.57 Å². The van der Waals surface area contributed by atoms with Gasteiger partial charge in [0.2, 0.25) is 11.8 Å². The highest BCUT2D eigenvalue weighted by Gasteiger charge is 2.41. The van der Waals surface area contributed by atoms with Crippen molar-refractivity contribution in [2.24, 2.45) is 0 Å². The summed E-state index contributed by atoms with van der Waals surface area (Å²) in [6.07, 6.45) is -0.989. The quantitative estimate of drug-likeness (QED) is 0.119. The number of fused-ring (bicyclic) bond motifs is 1. The second-order valence-electron chi connectivity index (χ2n) is 15.4. The molecule has 3 aromatic carbocycles. The van der Waals surface area contributed by atoms with Crippen molar-refractivity contribution in [2.75, 3.05) is 69.3 Å². The van der Waals surface area contributed by atoms with E-state index >= 15 is 4.39 Å². The van der Waals surface area contributed by atoms with Crippen LogP contribution in [0.3, 0.4) is 0 Å². The predicted octanol–water partition coefficient (Wildman–Crippen LogP) is 7.01. The van der Waals surface area contributed by atoms with Gasteiger partial charge >= 0.3 is 6.18 Å². The maximum Gasteiger partial charge on any atom is 0.417 e. The first kappa shape index (κ1) is 40.1. The van der Waals surface area contributed by atoms with Crippen LogP contribution in [0.1, 0.15) is 84.0 Å². The Morgan fingerprint density at radius 1 is 0.895 bits per heavy atom. The zero-order valence-electron chi connectivity index (χ0n) is 32.4. The third-order valence-corrected chi connectivity index (χ3v) is 11.7. The van der Waals surface area contributed by atoms with Crippen LogP contribution in [-0.2, 0) is 22.3 Å². The fourth-order valence-electron chi connectivity index (χ4n) is 8.57. The fraction of sp³-hybridized carbons (Fsp3) is 0.465. The molecule has 1 unspecified atom stereocenters. The van der Waals surface area contributed by atoms with E-state index in [0.717, 1.165) is 56.8 Å². The predicted molar refractivity (Wildman–Crippen MR) is 209 cm³/mol. The number of carbonyl (C=O) groups excluding carboxylic acids is 3. The van der Waals surface area contributed by atoms with Gasteiger partial charge in [0, 0.05) is 75.7 Å². The molecule has 3 fully saturated rings. The molecule has 3 saturated heterocycles. The van der Waals surface area contributed by atoms with Crippen molar-refractivity contribution in [3.63, 3.8) is 0 Å². The van der Waals surface area contributed by atoms with Crippen molar-refractivity contribution >= 4 is 34.7 Å². The topological polar surface area (TPSA) is 94.7 Å². The highest BCUT2D eigenvalue weighted by atomic mass is 19.4. The van der Waals surface area contributed by atoms with Crippen molar-refractivity contribution in [3.8, 4) is 11.5 Å². The van der Waals surface area contributed by atoms with E-state index in [-0.39, 0.29) is 42.1 Å². The van der Waals surface area contributed by atoms with Crippen LogP contribution in [0.4, 0.5) is 28.9 Å². The standard InChI is InChI=1S/C43H49F4N5O5/c1-27(2)33-8-6-30(23-35(33)43(45,46)47)50-15-12-28(13-16-50)34-9-7-32(25-36(34)44)57-21-5-4-14-49-17-19-51(20-18-49)31-22-29-26-52(37-10-11-39(53)48-41(37)54)42(55)40(29)38(24-31)56-3/h6-9,22-25,28,37H,1,4-5,10-21,26H2,2-3H3,(H,48,53,54). The minimum atomic E-state index is -4.48. The van der Waals surface area contributed by atoms with E-state index in [2.05, 4.69) is 21.7 Å². The average Bonchev–Trinajstić information content (AvgIpc) is 3.52. The van der Waals surface area contributed by atoms with Crippen LogP contribution in [0.15, 0.2) is 55.1 Å². The summed E-state index contributed by atoms with van der Waals surface area (Å²) >= 11 is 0. The van der Waals surface area contributed by atoms with E-state index < -0.39 is 23.7 Å². The lowest BCUT2D eigenvalue weighted by Gasteiger charge is -2.36. The maximum absolute atomic E-state index is 15.3. The van der Waals surface area contributed by atoms with Crippen molar-refractivity contribution in [3.05, 3.63) is 88.7 Å². The fourth-order valence-corrected chi connectivity index (χ4v) is 8.57. The van der Waals surface area contributed by atoms with E-state index in [9.17, 15) is 27.6 Å². The Labute approximate surface area is 330 Å². The number of amides is 3. The number of rotatable bonds is 12. The number of benzene rings is 3. The Kier molecular flexibility index (Phi) is 11.8. The number of hydrogen-bond acceptors (Lipinski definition) is 8. The number of imide groups is 1. The van der Waals surface area contributed by atoms with Crippen molar-refractivity contribution < 1.29 is 41.4 Å². The summed E-state index contributed by atoms with van der Waals surface area (Å²) in [6.45, 7) is 11.3. The Morgan fingerprint density at radius 3 is 2.30 bits per heavy atom. The first-order valence-electron chi connectivity index (χ1n) is 19.7. The molecule has 4 aliphatic rings. The summed E-state index contributed by atoms with van der Waals surface area (Å²) in [5.41, 5.74) is 3.14. The second kappa shape index (κ2) is 16.8. The van der Waals surface area contributed by atoms with Gasteiger partial charge in [-0.15, -0.1) is 0 Å². The normalized spacial score (nSPS) is 19.5. The van der Waals surface area contributed by atoms with Gasteiger partial charge in [0.05, 0.1) is 24.8 Å². The Morgan fingerprint density at radius 2 is 1.63 bits per heavy atom. The zero-order chi connectivity index (χ0) is 40.4. The van der Waals surface area contributed by atoms with Gasteiger partial charge in [-0.1, -0.05) is 24.3 Å². The molecule has 0 aliphatic carbocycles. The van der Waals surface area contributed by atoms with Crippen molar-refractivity contribution in [1.29, 1.82) is 0 Å². The molecule has 0 aromatic heterocycles. The van der Waals surface area contributed by atoms with E-state index in [1.54, 1.807) is 25.1 Å². The number of hydrogen-bond donors (Lipinski definition) is 1. The average molecular weight is 792 g/mol. The molecule has 0 radical (unpaired) electrons. The summed E-state index contributed by atoms with van der Waals surface area (Å²) in [7, 11) is 1.54. The van der Waals surface area contributed by atoms with Crippen molar-refractivity contribution in [2.45, 2.75) is 70.1 Å². The van der Waals surface area contributed by atoms with E-state index in [1.807, 2.05) is 17.0 Å². The van der Waals surface area contributed by atoms with Gasteiger partial charge in [0.15, 0.2) is 0 Å². The number of carbonyl (C=O) groups is 3. The molecule has 4 aliphatic heterocycles. The van der Waals surface area contributed by atoms with E-state index in [1.165, 1.54) is 30.2 Å². The number of nitrogens with zero attached hydrogens (tertiary/aromatic N) is 4. The van der Waals surface area contributed by atoms with Crippen LogP contribution in [0, 0.1) is 5.82 Å². The molecule has 0 saturated carbocycles. The summed E-state index contributed by atoms with van der Waals surface area (Å²) in [5, 5.41) is 2.34. The number of methoxy groups -OCH3 is 1. The Hall–Kier alpha value is -5.11. The minimum Gasteiger partial charge on any atom is -0.496 e. The maximum atomic E-state index is 15.3. The molecule has 1 atom stereocenters. The summed E-state index contributed by atoms with van der Waals surface area (Å²) in [6, 6.07) is 12.6. The third-order valence-electron chi connectivity index (χ3n) is 11.7. The van der Waals surface area contributed by atoms with Crippen LogP contribution in [0.5, 0.6) is 11.5 Å². The number of unbranched alkanes of at least 4 members (excludes halogenated alkanes) is 1. The molecule has 1 N–H and O–H groups in total. The number of halogens is 4. The molecule has 0 spiro atoms. The van der Waals surface area contributed by atoms with E-state index in [4.69, 9.17) is 9.47 Å². The monoisotopic (exact) mass is 791 g/mol. The molecule has 10 nitrogen and oxygen atoms in total. The third kappa shape index (κ3) is 8.75. The highest BCUT2D eigenvalue weighted by molar-refractivity contribution is 6.06. The van der Waals surface area contributed by atoms with Gasteiger partial charge < -0.3 is 24.2 Å². The largest absolute Gasteiger partial charge is 0.496 e. The number of ether oxygens (including phenoxy) is 2. The van der Waals surface area contributed by atoms with Crippen molar-refractivity contribution in [1.82, 2.24) is 15.1 Å². The Bertz CT molecular complexity index is 2020. The molecular weight excluding hydrogens is 742 g/mol. The lowest BCUT2D eigenvalue weighted by molar-refractivity contribution is -0.138. The molecule has 3 aromatic rings. The second-order valence-corrected chi connectivity index (χ2v) is 15.4. The van der Waals surface area contributed by atoms with Gasteiger partial charge in [0.1, 0.15) is 23.4 Å². The van der Waals surface area contributed by atoms with Crippen LogP contribution >= 0.6 is 0 Å². The van der Waals surface area contributed by atoms with Crippen LogP contribution in [0.2, 0.25) is 0 Å². The van der Waals surface area contributed by atoms with Gasteiger partial charge in [-0.25, -0.2) is 4.39 Å². The summed E-state index contributed by atoms with van der Waals surface area (Å²) in [5.74, 6) is -0.417. The molecule has 57 heavy (non-hydrogen) atoms. The van der Waals surface area contributed by atoms with Gasteiger partial charge in [0.25, 0.3) is 5.91 Å². The Balaban J connectivity index is 0.838. The lowest BCUT2D eigenvalue weighted by atomic mass is 9.88. The number of allylic oxidation sites excluding steroid dienone is 1. The first-order valence-corrected chi connectivity index (χ1v) is 19.7. The van der Waals surface area contributed by atoms with Gasteiger partial charge in [-0.3, -0.25) is 24.6 Å². The van der Waals surface area contributed by atoms with Crippen LogP contribution < -0.4 is 24.6 Å². The highest BCUT2D eigenvalue weighted by Crippen LogP contribution is 2.40. The van der Waals surface area contributed by atoms with E-state index in [0.29, 0.717) is 72.8 Å². The first-order chi connectivity index (χ1) is 27.3. The summed E-state index contributed by atoms with van der Waals surface area (Å²) < 4.78 is 68.1. The number of alkyl halides is 3. The molecule has 304 valence electrons. The smallest absolute Gasteiger partial charge is 0.417 e. The SMILES string of the molecule is C=C(C)c1ccc(N2CCC(c3ccc(OCCCCN4CCN(c5cc6c(c(OC)c5)C(=O)N(C5CCC(=O)NC5=O)C6)CC4)cc3F)CC2)cc1C(F)(F)F. The van der Waals surface area contributed by atoms with Gasteiger partial charge in [-0.2, -0.15) is 13.2 Å². The number of piperazine rings is 1. The lowest BCUT2D eigenvalue weighted by Crippen LogP contribution is -2.52. The number of piperidine rings is 2. The van der Waals surface area contributed by atoms with Gasteiger partial charge in [-0.05, 0) is 92.4 Å². The summed E-state index contributed by atoms with van der Waals surface area (Å²) in [4.78, 5) is 45.7. The molecule has 4 heterocycles. The molecule has 14 heteroatoms. The molecular formula is C43H49F4N5O5. The zero-order valence-corrected chi connectivity index (χ0v) is 32.4. The van der Waals surface area contributed by atoms with Crippen LogP contribution in [-0.4, -0.2) is 93.1 Å². The minimum absolute atomic E-state index is 0.0307. The number of anilines is 2.